The van der Waals surface area contributed by atoms with E-state index in [4.69, 9.17) is 0 Å². The highest BCUT2D eigenvalue weighted by molar-refractivity contribution is 5.96. The molecule has 0 heterocycles. The van der Waals surface area contributed by atoms with Crippen molar-refractivity contribution in [3.63, 3.8) is 0 Å². The second-order valence-corrected chi connectivity index (χ2v) is 5.50. The smallest absolute Gasteiger partial charge is 0.246 e. The summed E-state index contributed by atoms with van der Waals surface area (Å²) in [5, 5.41) is 6.11. The Balaban J connectivity index is 1.94. The first kappa shape index (κ1) is 15.1. The van der Waals surface area contributed by atoms with Crippen LogP contribution in [0.1, 0.15) is 32.3 Å². The van der Waals surface area contributed by atoms with Crippen LogP contribution < -0.4 is 10.6 Å². The molecule has 0 aliphatic heterocycles. The summed E-state index contributed by atoms with van der Waals surface area (Å²) in [6, 6.07) is 17.4. The van der Waals surface area contributed by atoms with Gasteiger partial charge in [0.1, 0.15) is 6.04 Å². The number of hydrogen-bond donors (Lipinski definition) is 2. The van der Waals surface area contributed by atoms with Gasteiger partial charge in [0, 0.05) is 11.4 Å². The predicted molar refractivity (Wildman–Crippen MR) is 88.7 cm³/mol. The van der Waals surface area contributed by atoms with Gasteiger partial charge >= 0.3 is 0 Å². The summed E-state index contributed by atoms with van der Waals surface area (Å²) >= 11 is 0. The van der Waals surface area contributed by atoms with Crippen LogP contribution in [0.15, 0.2) is 54.6 Å². The maximum Gasteiger partial charge on any atom is 0.246 e. The van der Waals surface area contributed by atoms with Crippen LogP contribution in [0, 0.1) is 0 Å². The summed E-state index contributed by atoms with van der Waals surface area (Å²) in [6.07, 6.45) is 0. The summed E-state index contributed by atoms with van der Waals surface area (Å²) in [4.78, 5) is 12.2. The summed E-state index contributed by atoms with van der Waals surface area (Å²) in [7, 11) is 0. The number of benzene rings is 2. The van der Waals surface area contributed by atoms with Gasteiger partial charge in [-0.3, -0.25) is 4.79 Å². The molecule has 2 aromatic carbocycles. The Kier molecular flexibility index (Phi) is 4.99. The minimum atomic E-state index is -0.294. The van der Waals surface area contributed by atoms with Crippen LogP contribution in [0.2, 0.25) is 0 Å². The molecule has 3 nitrogen and oxygen atoms in total. The van der Waals surface area contributed by atoms with Crippen molar-refractivity contribution in [1.82, 2.24) is 0 Å². The molecule has 0 aliphatic carbocycles. The van der Waals surface area contributed by atoms with Crippen LogP contribution >= 0.6 is 0 Å². The zero-order valence-electron chi connectivity index (χ0n) is 12.8. The van der Waals surface area contributed by atoms with E-state index in [9.17, 15) is 4.79 Å². The maximum atomic E-state index is 12.2. The summed E-state index contributed by atoms with van der Waals surface area (Å²) in [5.74, 6) is 0.449. The molecule has 0 spiro atoms. The molecule has 0 fully saturated rings. The van der Waals surface area contributed by atoms with Crippen LogP contribution in [0.5, 0.6) is 0 Å². The van der Waals surface area contributed by atoms with Gasteiger partial charge in [-0.1, -0.05) is 44.2 Å². The Labute approximate surface area is 126 Å². The minimum Gasteiger partial charge on any atom is -0.374 e. The molecule has 0 unspecified atom stereocenters. The van der Waals surface area contributed by atoms with Gasteiger partial charge in [-0.25, -0.2) is 0 Å². The molecule has 0 aromatic heterocycles. The average molecular weight is 282 g/mol. The Morgan fingerprint density at radius 3 is 2.05 bits per heavy atom. The van der Waals surface area contributed by atoms with E-state index in [0.717, 1.165) is 11.4 Å². The zero-order chi connectivity index (χ0) is 15.2. The number of carbonyl (C=O) groups excluding carboxylic acids is 1. The summed E-state index contributed by atoms with van der Waals surface area (Å²) in [5.41, 5.74) is 3.03. The standard InChI is InChI=1S/C18H22N2O/c1-13(2)15-9-11-17(12-10-15)20-18(21)14(3)19-16-7-5-4-6-8-16/h4-14,19H,1-3H3,(H,20,21)/t14-/m1/s1. The van der Waals surface area contributed by atoms with Gasteiger partial charge in [-0.05, 0) is 42.7 Å². The van der Waals surface area contributed by atoms with Crippen LogP contribution in [-0.2, 0) is 4.79 Å². The summed E-state index contributed by atoms with van der Waals surface area (Å²) < 4.78 is 0. The quantitative estimate of drug-likeness (QED) is 0.860. The van der Waals surface area contributed by atoms with E-state index in [-0.39, 0.29) is 11.9 Å². The van der Waals surface area contributed by atoms with Crippen LogP contribution in [0.25, 0.3) is 0 Å². The van der Waals surface area contributed by atoms with Crippen LogP contribution in [0.4, 0.5) is 11.4 Å². The molecule has 1 amide bonds. The number of para-hydroxylation sites is 1. The van der Waals surface area contributed by atoms with Gasteiger partial charge in [0.2, 0.25) is 5.91 Å². The number of carbonyl (C=O) groups is 1. The highest BCUT2D eigenvalue weighted by Crippen LogP contribution is 2.17. The normalized spacial score (nSPS) is 12.0. The van der Waals surface area contributed by atoms with E-state index < -0.39 is 0 Å². The fourth-order valence-corrected chi connectivity index (χ4v) is 2.05. The Morgan fingerprint density at radius 2 is 1.48 bits per heavy atom. The number of hydrogen-bond acceptors (Lipinski definition) is 2. The van der Waals surface area contributed by atoms with Crippen molar-refractivity contribution >= 4 is 17.3 Å². The first-order valence-corrected chi connectivity index (χ1v) is 7.28. The SMILES string of the molecule is CC(C)c1ccc(NC(=O)[C@@H](C)Nc2ccccc2)cc1. The van der Waals surface area contributed by atoms with Crippen molar-refractivity contribution in [2.75, 3.05) is 10.6 Å². The second kappa shape index (κ2) is 6.93. The fraction of sp³-hybridized carbons (Fsp3) is 0.278. The average Bonchev–Trinajstić information content (AvgIpc) is 2.48. The summed E-state index contributed by atoms with van der Waals surface area (Å²) in [6.45, 7) is 6.16. The van der Waals surface area contributed by atoms with Crippen molar-refractivity contribution in [2.24, 2.45) is 0 Å². The third kappa shape index (κ3) is 4.35. The first-order valence-electron chi connectivity index (χ1n) is 7.28. The van der Waals surface area contributed by atoms with Crippen molar-refractivity contribution in [2.45, 2.75) is 32.7 Å². The second-order valence-electron chi connectivity index (χ2n) is 5.50. The molecule has 3 heteroatoms. The van der Waals surface area contributed by atoms with Crippen LogP contribution in [0.3, 0.4) is 0 Å². The lowest BCUT2D eigenvalue weighted by Crippen LogP contribution is -2.31. The van der Waals surface area contributed by atoms with E-state index in [1.165, 1.54) is 5.56 Å². The van der Waals surface area contributed by atoms with E-state index >= 15 is 0 Å². The topological polar surface area (TPSA) is 41.1 Å². The number of anilines is 2. The Bertz CT molecular complexity index is 576. The maximum absolute atomic E-state index is 12.2. The van der Waals surface area contributed by atoms with Gasteiger partial charge in [0.05, 0.1) is 0 Å². The van der Waals surface area contributed by atoms with Gasteiger partial charge in [0.15, 0.2) is 0 Å². The number of nitrogens with one attached hydrogen (secondary N) is 2. The van der Waals surface area contributed by atoms with E-state index in [2.05, 4.69) is 36.6 Å². The lowest BCUT2D eigenvalue weighted by molar-refractivity contribution is -0.116. The molecule has 21 heavy (non-hydrogen) atoms. The van der Waals surface area contributed by atoms with Crippen LogP contribution in [-0.4, -0.2) is 11.9 Å². The van der Waals surface area contributed by atoms with Gasteiger partial charge in [-0.15, -0.1) is 0 Å². The first-order chi connectivity index (χ1) is 10.1. The van der Waals surface area contributed by atoms with E-state index in [1.54, 1.807) is 0 Å². The third-order valence-corrected chi connectivity index (χ3v) is 3.40. The lowest BCUT2D eigenvalue weighted by Gasteiger charge is -2.15. The monoisotopic (exact) mass is 282 g/mol. The molecule has 0 bridgehead atoms. The molecule has 2 aromatic rings. The molecule has 0 radical (unpaired) electrons. The fourth-order valence-electron chi connectivity index (χ4n) is 2.05. The molecule has 0 saturated heterocycles. The molecule has 1 atom stereocenters. The van der Waals surface area contributed by atoms with E-state index in [1.807, 2.05) is 49.4 Å². The molecule has 2 rings (SSSR count). The Morgan fingerprint density at radius 1 is 0.857 bits per heavy atom. The van der Waals surface area contributed by atoms with Crippen molar-refractivity contribution in [1.29, 1.82) is 0 Å². The number of amides is 1. The highest BCUT2D eigenvalue weighted by atomic mass is 16.2. The predicted octanol–water partition coefficient (Wildman–Crippen LogP) is 4.25. The largest absolute Gasteiger partial charge is 0.374 e. The minimum absolute atomic E-state index is 0.0452. The number of rotatable bonds is 5. The lowest BCUT2D eigenvalue weighted by atomic mass is 10.0. The van der Waals surface area contributed by atoms with Crippen molar-refractivity contribution < 1.29 is 4.79 Å². The molecule has 2 N–H and O–H groups in total. The molecule has 0 aliphatic rings. The van der Waals surface area contributed by atoms with Crippen molar-refractivity contribution in [3.05, 3.63) is 60.2 Å². The zero-order valence-corrected chi connectivity index (χ0v) is 12.8. The Hall–Kier alpha value is -2.29. The van der Waals surface area contributed by atoms with Crippen molar-refractivity contribution in [3.8, 4) is 0 Å². The van der Waals surface area contributed by atoms with E-state index in [0.29, 0.717) is 5.92 Å². The molecular formula is C18H22N2O. The molecule has 110 valence electrons. The van der Waals surface area contributed by atoms with Gasteiger partial charge < -0.3 is 10.6 Å². The highest BCUT2D eigenvalue weighted by Gasteiger charge is 2.12. The molecule has 0 saturated carbocycles. The van der Waals surface area contributed by atoms with Gasteiger partial charge in [0.25, 0.3) is 0 Å². The third-order valence-electron chi connectivity index (χ3n) is 3.40. The molecular weight excluding hydrogens is 260 g/mol. The van der Waals surface area contributed by atoms with Gasteiger partial charge in [-0.2, -0.15) is 0 Å².